The van der Waals surface area contributed by atoms with E-state index < -0.39 is 46.9 Å². The summed E-state index contributed by atoms with van der Waals surface area (Å²) in [4.78, 5) is 97.7. The number of ketones is 3. The van der Waals surface area contributed by atoms with Gasteiger partial charge in [0.2, 0.25) is 23.5 Å². The van der Waals surface area contributed by atoms with E-state index >= 15 is 0 Å². The van der Waals surface area contributed by atoms with E-state index in [1.165, 1.54) is 30.6 Å². The van der Waals surface area contributed by atoms with Crippen molar-refractivity contribution >= 4 is 41.1 Å². The van der Waals surface area contributed by atoms with Crippen LogP contribution in [-0.4, -0.2) is 89.2 Å². The Labute approximate surface area is 345 Å². The van der Waals surface area contributed by atoms with Crippen LogP contribution in [0.5, 0.6) is 0 Å². The molecule has 1 saturated heterocycles. The molecule has 0 aromatic heterocycles. The number of Topliss-reactive ketones (excluding diaryl/α,β-unsaturated/α-hetero) is 3. The van der Waals surface area contributed by atoms with Gasteiger partial charge in [-0.3, -0.25) is 28.8 Å². The number of piperidine rings is 1. The third kappa shape index (κ3) is 10.7. The van der Waals surface area contributed by atoms with Crippen LogP contribution in [-0.2, 0) is 28.8 Å². The molecule has 1 unspecified atom stereocenters. The molecule has 6 fully saturated rings. The Morgan fingerprint density at radius 2 is 1.43 bits per heavy atom. The van der Waals surface area contributed by atoms with Crippen molar-refractivity contribution in [1.82, 2.24) is 25.8 Å². The summed E-state index contributed by atoms with van der Waals surface area (Å²) in [5, 5.41) is 9.08. The van der Waals surface area contributed by atoms with Gasteiger partial charge in [0.15, 0.2) is 11.6 Å². The van der Waals surface area contributed by atoms with Crippen LogP contribution in [0.2, 0.25) is 0 Å². The predicted octanol–water partition coefficient (Wildman–Crippen LogP) is 6.17. The number of fused-ring (bicyclic) bond motifs is 1. The van der Waals surface area contributed by atoms with E-state index in [9.17, 15) is 33.6 Å². The number of hydrogen-bond acceptors (Lipinski definition) is 7. The van der Waals surface area contributed by atoms with Crippen molar-refractivity contribution in [2.45, 2.75) is 149 Å². The third-order valence-electron chi connectivity index (χ3n) is 13.0. The van der Waals surface area contributed by atoms with Gasteiger partial charge in [0.1, 0.15) is 12.1 Å². The highest BCUT2D eigenvalue weighted by Crippen LogP contribution is 2.55. The Hall–Kier alpha value is -4.09. The van der Waals surface area contributed by atoms with Crippen molar-refractivity contribution in [3.8, 4) is 0 Å². The molecule has 6 atom stereocenters. The van der Waals surface area contributed by atoms with E-state index in [0.717, 1.165) is 25.7 Å². The molecule has 5 saturated carbocycles. The molecule has 1 heterocycles. The van der Waals surface area contributed by atoms with Gasteiger partial charge in [-0.25, -0.2) is 4.79 Å². The Bertz CT molecular complexity index is 1650. The van der Waals surface area contributed by atoms with Crippen LogP contribution in [0, 0.1) is 40.9 Å². The normalized spacial score (nSPS) is 27.8. The smallest absolute Gasteiger partial charge is 0.315 e. The maximum Gasteiger partial charge on any atom is 0.315 e. The SMILES string of the molecule is CCC.CCCC(CC(=O)[C@@H]1[C@H]2C[C@H]2CN1C(=O)[C@@H](NC(=O)NC12CC3CC(CC(C3)C1)C2)C(C)(C)C)C(=O)C(=O)CCC(=O)N[C@H](C(=O)N(C)C)c1ccccc1. The first-order chi connectivity index (χ1) is 27.4. The second-order valence-corrected chi connectivity index (χ2v) is 19.5. The summed E-state index contributed by atoms with van der Waals surface area (Å²) < 4.78 is 0. The number of carbonyl (C=O) groups is 7. The lowest BCUT2D eigenvalue weighted by molar-refractivity contribution is -0.144. The van der Waals surface area contributed by atoms with Crippen LogP contribution in [0.4, 0.5) is 4.79 Å². The second kappa shape index (κ2) is 18.9. The largest absolute Gasteiger partial charge is 0.347 e. The summed E-state index contributed by atoms with van der Waals surface area (Å²) in [5.74, 6) is -1.52. The molecule has 58 heavy (non-hydrogen) atoms. The Morgan fingerprint density at radius 3 is 1.97 bits per heavy atom. The highest BCUT2D eigenvalue weighted by molar-refractivity contribution is 6.38. The number of rotatable bonds is 16. The molecule has 1 aliphatic heterocycles. The van der Waals surface area contributed by atoms with Crippen LogP contribution in [0.3, 0.4) is 0 Å². The number of urea groups is 1. The van der Waals surface area contributed by atoms with E-state index in [4.69, 9.17) is 0 Å². The van der Waals surface area contributed by atoms with Gasteiger partial charge < -0.3 is 25.8 Å². The Morgan fingerprint density at radius 1 is 0.845 bits per heavy atom. The topological polar surface area (TPSA) is 162 Å². The molecule has 320 valence electrons. The molecule has 4 bridgehead atoms. The highest BCUT2D eigenvalue weighted by Gasteiger charge is 2.58. The third-order valence-corrected chi connectivity index (χ3v) is 13.0. The average Bonchev–Trinajstić information content (AvgIpc) is 3.81. The van der Waals surface area contributed by atoms with Gasteiger partial charge in [0, 0.05) is 51.4 Å². The number of nitrogens with zero attached hydrogens (tertiary/aromatic N) is 2. The molecule has 5 aliphatic carbocycles. The molecule has 6 aliphatic rings. The number of likely N-dealkylation sites (tertiary alicyclic amines) is 1. The van der Waals surface area contributed by atoms with Crippen molar-refractivity contribution in [3.05, 3.63) is 35.9 Å². The standard InChI is InChI=1S/C43H61N5O7.C3H8/c1-7-11-29(37(52)32(49)14-15-34(51)44-35(39(53)47(5)6)28-12-9-8-10-13-28)20-33(50)36-31-19-30(31)24-48(36)40(54)38(42(2,3)4)45-41(55)46-43-21-25-16-26(22-43)18-27(17-25)23-43;1-3-2/h8-10,12-13,25-27,29-31,35-36,38H,7,11,14-24H2,1-6H3,(H,44,51)(H2,45,46,55);3H2,1-2H3/t25?,26?,27?,29?,30-,31-,35-,36-,38+,43?;/m0./s1. The number of hydrogen-bond donors (Lipinski definition) is 3. The molecule has 5 amide bonds. The van der Waals surface area contributed by atoms with Crippen molar-refractivity contribution in [2.75, 3.05) is 20.6 Å². The number of amides is 5. The Kier molecular flexibility index (Phi) is 14.6. The van der Waals surface area contributed by atoms with Gasteiger partial charge in [-0.05, 0) is 91.9 Å². The monoisotopic (exact) mass is 804 g/mol. The maximum absolute atomic E-state index is 14.4. The first-order valence-electron chi connectivity index (χ1n) is 21.9. The lowest BCUT2D eigenvalue weighted by Crippen LogP contribution is -2.64. The molecular formula is C46H69N5O7. The minimum Gasteiger partial charge on any atom is -0.347 e. The van der Waals surface area contributed by atoms with E-state index in [-0.39, 0.29) is 60.3 Å². The summed E-state index contributed by atoms with van der Waals surface area (Å²) in [6.45, 7) is 12.3. The molecule has 0 radical (unpaired) electrons. The molecule has 0 spiro atoms. The molecule has 3 N–H and O–H groups in total. The van der Waals surface area contributed by atoms with Crippen LogP contribution >= 0.6 is 0 Å². The molecule has 12 heteroatoms. The van der Waals surface area contributed by atoms with Gasteiger partial charge in [-0.15, -0.1) is 0 Å². The number of likely N-dealkylation sites (N-methyl/N-ethyl adjacent to an activating group) is 1. The molecule has 1 aromatic rings. The van der Waals surface area contributed by atoms with Gasteiger partial charge in [0.25, 0.3) is 0 Å². The first kappa shape index (κ1) is 45.0. The van der Waals surface area contributed by atoms with Gasteiger partial charge in [-0.1, -0.05) is 84.7 Å². The van der Waals surface area contributed by atoms with Crippen molar-refractivity contribution in [3.63, 3.8) is 0 Å². The fourth-order valence-corrected chi connectivity index (χ4v) is 10.6. The summed E-state index contributed by atoms with van der Waals surface area (Å²) >= 11 is 0. The number of benzene rings is 1. The minimum atomic E-state index is -0.938. The molecule has 12 nitrogen and oxygen atoms in total. The van der Waals surface area contributed by atoms with E-state index in [2.05, 4.69) is 29.8 Å². The molecule has 7 rings (SSSR count). The van der Waals surface area contributed by atoms with Crippen LogP contribution in [0.1, 0.15) is 137 Å². The van der Waals surface area contributed by atoms with E-state index in [0.29, 0.717) is 42.7 Å². The van der Waals surface area contributed by atoms with E-state index in [1.807, 2.05) is 27.7 Å². The summed E-state index contributed by atoms with van der Waals surface area (Å²) in [6.07, 6.45) is 8.90. The molecular weight excluding hydrogens is 735 g/mol. The minimum absolute atomic E-state index is 0.00266. The fraction of sp³-hybridized carbons (Fsp3) is 0.717. The van der Waals surface area contributed by atoms with Gasteiger partial charge in [0.05, 0.1) is 6.04 Å². The quantitative estimate of drug-likeness (QED) is 0.168. The maximum atomic E-state index is 14.4. The van der Waals surface area contributed by atoms with Crippen LogP contribution < -0.4 is 16.0 Å². The number of carbonyl (C=O) groups excluding carboxylic acids is 7. The average molecular weight is 804 g/mol. The summed E-state index contributed by atoms with van der Waals surface area (Å²) in [7, 11) is 3.18. The highest BCUT2D eigenvalue weighted by atomic mass is 16.2. The lowest BCUT2D eigenvalue weighted by atomic mass is 9.53. The number of nitrogens with one attached hydrogen (secondary N) is 3. The van der Waals surface area contributed by atoms with Crippen molar-refractivity contribution in [1.29, 1.82) is 0 Å². The van der Waals surface area contributed by atoms with E-state index in [1.54, 1.807) is 49.3 Å². The molecule has 1 aromatic carbocycles. The van der Waals surface area contributed by atoms with Crippen molar-refractivity contribution in [2.24, 2.45) is 40.9 Å². The predicted molar refractivity (Wildman–Crippen MR) is 222 cm³/mol. The summed E-state index contributed by atoms with van der Waals surface area (Å²) in [6, 6.07) is 5.96. The van der Waals surface area contributed by atoms with Gasteiger partial charge in [-0.2, -0.15) is 0 Å². The van der Waals surface area contributed by atoms with Crippen molar-refractivity contribution < 1.29 is 33.6 Å². The zero-order valence-corrected chi connectivity index (χ0v) is 36.2. The van der Waals surface area contributed by atoms with Crippen LogP contribution in [0.25, 0.3) is 0 Å². The van der Waals surface area contributed by atoms with Crippen LogP contribution in [0.15, 0.2) is 30.3 Å². The zero-order chi connectivity index (χ0) is 42.5. The first-order valence-corrected chi connectivity index (χ1v) is 21.9. The second-order valence-electron chi connectivity index (χ2n) is 19.5. The fourth-order valence-electron chi connectivity index (χ4n) is 10.6. The Balaban J connectivity index is 0.00000207. The van der Waals surface area contributed by atoms with Gasteiger partial charge >= 0.3 is 6.03 Å². The zero-order valence-electron chi connectivity index (χ0n) is 36.2. The summed E-state index contributed by atoms with van der Waals surface area (Å²) in [5.41, 5.74) is -0.243. The lowest BCUT2D eigenvalue weighted by Gasteiger charge is -2.56.